The molecule has 24 heavy (non-hydrogen) atoms. The molecule has 0 saturated heterocycles. The summed E-state index contributed by atoms with van der Waals surface area (Å²) < 4.78 is 15.0. The van der Waals surface area contributed by atoms with E-state index in [2.05, 4.69) is 25.5 Å². The van der Waals surface area contributed by atoms with Crippen molar-refractivity contribution in [2.75, 3.05) is 14.2 Å². The second kappa shape index (κ2) is 6.78. The van der Waals surface area contributed by atoms with Crippen molar-refractivity contribution in [3.05, 3.63) is 47.5 Å². The maximum atomic E-state index is 12.1. The molecule has 0 radical (unpaired) electrons. The van der Waals surface area contributed by atoms with Gasteiger partial charge in [0.1, 0.15) is 22.5 Å². The highest BCUT2D eigenvalue weighted by Gasteiger charge is 2.08. The number of carbonyl (C=O) groups excluding carboxylic acids is 1. The van der Waals surface area contributed by atoms with Crippen LogP contribution in [0.25, 0.3) is 11.0 Å². The van der Waals surface area contributed by atoms with Gasteiger partial charge < -0.3 is 9.47 Å². The van der Waals surface area contributed by atoms with E-state index in [1.165, 1.54) is 6.21 Å². The quantitative estimate of drug-likeness (QED) is 0.569. The molecule has 0 aliphatic rings. The van der Waals surface area contributed by atoms with Crippen LogP contribution in [0.4, 0.5) is 0 Å². The van der Waals surface area contributed by atoms with E-state index in [1.54, 1.807) is 50.6 Å². The van der Waals surface area contributed by atoms with Crippen molar-refractivity contribution in [3.8, 4) is 11.5 Å². The number of nitrogens with zero attached hydrogens (tertiary/aromatic N) is 3. The lowest BCUT2D eigenvalue weighted by Gasteiger charge is -2.06. The highest BCUT2D eigenvalue weighted by molar-refractivity contribution is 5.97. The van der Waals surface area contributed by atoms with E-state index < -0.39 is 0 Å². The SMILES string of the molecule is COc1ccc(C=NNC(=O)c2ccc3nonc3c2)c(OC)c1. The molecule has 1 aromatic heterocycles. The molecule has 1 amide bonds. The van der Waals surface area contributed by atoms with Gasteiger partial charge in [0.25, 0.3) is 5.91 Å². The maximum absolute atomic E-state index is 12.1. The van der Waals surface area contributed by atoms with Crippen molar-refractivity contribution >= 4 is 23.2 Å². The third-order valence-corrected chi connectivity index (χ3v) is 3.33. The van der Waals surface area contributed by atoms with Crippen molar-refractivity contribution in [2.24, 2.45) is 5.10 Å². The van der Waals surface area contributed by atoms with E-state index in [1.807, 2.05) is 0 Å². The Morgan fingerprint density at radius 2 is 1.96 bits per heavy atom. The lowest BCUT2D eigenvalue weighted by molar-refractivity contribution is 0.0955. The van der Waals surface area contributed by atoms with Gasteiger partial charge in [0.05, 0.1) is 20.4 Å². The van der Waals surface area contributed by atoms with Crippen molar-refractivity contribution in [1.82, 2.24) is 15.7 Å². The van der Waals surface area contributed by atoms with Gasteiger partial charge in [0, 0.05) is 17.2 Å². The molecule has 8 nitrogen and oxygen atoms in total. The Balaban J connectivity index is 1.72. The van der Waals surface area contributed by atoms with E-state index in [4.69, 9.17) is 9.47 Å². The minimum atomic E-state index is -0.372. The number of hydrogen-bond acceptors (Lipinski definition) is 7. The first-order valence-electron chi connectivity index (χ1n) is 6.99. The lowest BCUT2D eigenvalue weighted by Crippen LogP contribution is -2.17. The molecule has 0 spiro atoms. The topological polar surface area (TPSA) is 98.8 Å². The zero-order valence-electron chi connectivity index (χ0n) is 13.0. The molecule has 0 atom stereocenters. The molecule has 0 aliphatic carbocycles. The highest BCUT2D eigenvalue weighted by Crippen LogP contribution is 2.23. The normalized spacial score (nSPS) is 10.9. The van der Waals surface area contributed by atoms with Crippen molar-refractivity contribution in [2.45, 2.75) is 0 Å². The number of aromatic nitrogens is 2. The molecule has 8 heteroatoms. The summed E-state index contributed by atoms with van der Waals surface area (Å²) in [6.45, 7) is 0. The van der Waals surface area contributed by atoms with Crippen LogP contribution in [0.15, 0.2) is 46.1 Å². The molecule has 0 unspecified atom stereocenters. The van der Waals surface area contributed by atoms with Gasteiger partial charge in [-0.25, -0.2) is 10.1 Å². The van der Waals surface area contributed by atoms with Gasteiger partial charge in [-0.3, -0.25) is 4.79 Å². The van der Waals surface area contributed by atoms with Gasteiger partial charge in [-0.1, -0.05) is 0 Å². The van der Waals surface area contributed by atoms with Crippen LogP contribution < -0.4 is 14.9 Å². The molecule has 0 aliphatic heterocycles. The number of hydrazone groups is 1. The van der Waals surface area contributed by atoms with Gasteiger partial charge >= 0.3 is 0 Å². The molecule has 3 aromatic rings. The number of nitrogens with one attached hydrogen (secondary N) is 1. The van der Waals surface area contributed by atoms with Crippen LogP contribution in [-0.2, 0) is 0 Å². The number of benzene rings is 2. The average molecular weight is 326 g/mol. The molecule has 0 fully saturated rings. The minimum Gasteiger partial charge on any atom is -0.497 e. The van der Waals surface area contributed by atoms with Crippen LogP contribution in [0.5, 0.6) is 11.5 Å². The Morgan fingerprint density at radius 1 is 1.12 bits per heavy atom. The first-order chi connectivity index (χ1) is 11.7. The summed E-state index contributed by atoms with van der Waals surface area (Å²) in [6, 6.07) is 10.1. The fourth-order valence-electron chi connectivity index (χ4n) is 2.07. The van der Waals surface area contributed by atoms with Gasteiger partial charge in [0.15, 0.2) is 0 Å². The van der Waals surface area contributed by atoms with Gasteiger partial charge in [-0.05, 0) is 40.6 Å². The second-order valence-electron chi connectivity index (χ2n) is 4.77. The third kappa shape index (κ3) is 3.17. The van der Waals surface area contributed by atoms with Crippen LogP contribution in [0.2, 0.25) is 0 Å². The smallest absolute Gasteiger partial charge is 0.271 e. The summed E-state index contributed by atoms with van der Waals surface area (Å²) >= 11 is 0. The van der Waals surface area contributed by atoms with Crippen molar-refractivity contribution in [1.29, 1.82) is 0 Å². The van der Waals surface area contributed by atoms with Gasteiger partial charge in [-0.2, -0.15) is 5.10 Å². The largest absolute Gasteiger partial charge is 0.497 e. The van der Waals surface area contributed by atoms with E-state index in [0.29, 0.717) is 33.7 Å². The molecule has 0 bridgehead atoms. The van der Waals surface area contributed by atoms with E-state index in [9.17, 15) is 4.79 Å². The molecule has 0 saturated carbocycles. The number of ether oxygens (including phenoxy) is 2. The van der Waals surface area contributed by atoms with Gasteiger partial charge in [0.2, 0.25) is 0 Å². The predicted molar refractivity (Wildman–Crippen MR) is 86.4 cm³/mol. The molecule has 1 N–H and O–H groups in total. The number of carbonyl (C=O) groups is 1. The molecule has 3 rings (SSSR count). The second-order valence-corrected chi connectivity index (χ2v) is 4.77. The van der Waals surface area contributed by atoms with E-state index >= 15 is 0 Å². The lowest BCUT2D eigenvalue weighted by atomic mass is 10.2. The third-order valence-electron chi connectivity index (χ3n) is 3.33. The van der Waals surface area contributed by atoms with Crippen LogP contribution in [0.1, 0.15) is 15.9 Å². The molecular weight excluding hydrogens is 312 g/mol. The monoisotopic (exact) mass is 326 g/mol. The first kappa shape index (κ1) is 15.5. The average Bonchev–Trinajstić information content (AvgIpc) is 3.09. The number of methoxy groups -OCH3 is 2. The first-order valence-corrected chi connectivity index (χ1v) is 6.99. The van der Waals surface area contributed by atoms with Crippen molar-refractivity contribution < 1.29 is 18.9 Å². The Bertz CT molecular complexity index is 904. The molecule has 1 heterocycles. The summed E-state index contributed by atoms with van der Waals surface area (Å²) in [5, 5.41) is 11.3. The van der Waals surface area contributed by atoms with Crippen LogP contribution in [0, 0.1) is 0 Å². The van der Waals surface area contributed by atoms with Crippen LogP contribution in [0.3, 0.4) is 0 Å². The van der Waals surface area contributed by atoms with Crippen LogP contribution >= 0.6 is 0 Å². The number of rotatable bonds is 5. The van der Waals surface area contributed by atoms with Gasteiger partial charge in [-0.15, -0.1) is 0 Å². The number of fused-ring (bicyclic) bond motifs is 1. The Hall–Kier alpha value is -3.42. The standard InChI is InChI=1S/C16H14N4O4/c1-22-12-5-3-11(15(8-12)23-2)9-17-18-16(21)10-4-6-13-14(7-10)20-24-19-13/h3-9H,1-2H3,(H,18,21). The van der Waals surface area contributed by atoms with E-state index in [-0.39, 0.29) is 5.91 Å². The molecule has 122 valence electrons. The summed E-state index contributed by atoms with van der Waals surface area (Å²) in [5.41, 5.74) is 4.64. The summed E-state index contributed by atoms with van der Waals surface area (Å²) in [4.78, 5) is 12.1. The Morgan fingerprint density at radius 3 is 2.75 bits per heavy atom. The molecule has 2 aromatic carbocycles. The minimum absolute atomic E-state index is 0.372. The Labute approximate surface area is 137 Å². The zero-order valence-corrected chi connectivity index (χ0v) is 13.0. The fraction of sp³-hybridized carbons (Fsp3) is 0.125. The summed E-state index contributed by atoms with van der Waals surface area (Å²) in [5.74, 6) is 0.883. The Kier molecular flexibility index (Phi) is 4.37. The fourth-order valence-corrected chi connectivity index (χ4v) is 2.07. The van der Waals surface area contributed by atoms with Crippen molar-refractivity contribution in [3.63, 3.8) is 0 Å². The predicted octanol–water partition coefficient (Wildman–Crippen LogP) is 2.00. The number of amides is 1. The zero-order chi connectivity index (χ0) is 16.9. The number of hydrogen-bond donors (Lipinski definition) is 1. The highest BCUT2D eigenvalue weighted by atomic mass is 16.6. The maximum Gasteiger partial charge on any atom is 0.271 e. The van der Waals surface area contributed by atoms with Crippen LogP contribution in [-0.4, -0.2) is 36.7 Å². The summed E-state index contributed by atoms with van der Waals surface area (Å²) in [6.07, 6.45) is 1.49. The molecular formula is C16H14N4O4. The summed E-state index contributed by atoms with van der Waals surface area (Å²) in [7, 11) is 3.12. The van der Waals surface area contributed by atoms with E-state index in [0.717, 1.165) is 0 Å².